The molecule has 12 heavy (non-hydrogen) atoms. The van der Waals surface area contributed by atoms with Gasteiger partial charge in [0.2, 0.25) is 0 Å². The molecule has 1 aromatic heterocycles. The van der Waals surface area contributed by atoms with E-state index in [1.807, 2.05) is 30.3 Å². The Morgan fingerprint density at radius 3 is 2.83 bits per heavy atom. The first-order valence-electron chi connectivity index (χ1n) is 3.29. The molecular formula is C9H5ClLiN. The molecule has 2 aromatic rings. The molecule has 0 aliphatic carbocycles. The van der Waals surface area contributed by atoms with Crippen LogP contribution in [0, 0.1) is 6.07 Å². The van der Waals surface area contributed by atoms with Crippen molar-refractivity contribution in [2.24, 2.45) is 0 Å². The van der Waals surface area contributed by atoms with E-state index in [2.05, 4.69) is 11.1 Å². The number of hydrogen-bond donors (Lipinski definition) is 0. The summed E-state index contributed by atoms with van der Waals surface area (Å²) in [6, 6.07) is 12.5. The summed E-state index contributed by atoms with van der Waals surface area (Å²) in [5.74, 6) is 0. The fraction of sp³-hybridized carbons (Fsp3) is 0. The van der Waals surface area contributed by atoms with Crippen molar-refractivity contribution in [2.75, 3.05) is 0 Å². The van der Waals surface area contributed by atoms with Gasteiger partial charge in [-0.2, -0.15) is 0 Å². The molecule has 0 fully saturated rings. The van der Waals surface area contributed by atoms with Gasteiger partial charge in [-0.25, -0.2) is 12.1 Å². The Morgan fingerprint density at radius 2 is 2.00 bits per heavy atom. The van der Waals surface area contributed by atoms with Gasteiger partial charge in [-0.1, -0.05) is 29.8 Å². The molecule has 0 aliphatic heterocycles. The van der Waals surface area contributed by atoms with Gasteiger partial charge in [0, 0.05) is 5.15 Å². The van der Waals surface area contributed by atoms with E-state index in [4.69, 9.17) is 11.6 Å². The van der Waals surface area contributed by atoms with Crippen LogP contribution < -0.4 is 18.9 Å². The van der Waals surface area contributed by atoms with Crippen LogP contribution in [0.25, 0.3) is 10.9 Å². The Balaban J connectivity index is 0.000000720. The molecule has 0 saturated carbocycles. The summed E-state index contributed by atoms with van der Waals surface area (Å²) >= 11 is 5.65. The van der Waals surface area contributed by atoms with E-state index >= 15 is 0 Å². The van der Waals surface area contributed by atoms with Gasteiger partial charge in [-0.15, -0.1) is 11.5 Å². The minimum atomic E-state index is 0. The summed E-state index contributed by atoms with van der Waals surface area (Å²) in [7, 11) is 0. The molecule has 1 heterocycles. The average Bonchev–Trinajstić information content (AvgIpc) is 2.04. The summed E-state index contributed by atoms with van der Waals surface area (Å²) < 4.78 is 0. The van der Waals surface area contributed by atoms with E-state index in [9.17, 15) is 0 Å². The normalized spacial score (nSPS) is 9.42. The third-order valence-electron chi connectivity index (χ3n) is 1.50. The Kier molecular flexibility index (Phi) is 3.17. The molecule has 2 rings (SSSR count). The number of rotatable bonds is 0. The quantitative estimate of drug-likeness (QED) is 0.300. The van der Waals surface area contributed by atoms with Crippen molar-refractivity contribution in [2.45, 2.75) is 0 Å². The number of para-hydroxylation sites is 1. The molecule has 0 atom stereocenters. The fourth-order valence-electron chi connectivity index (χ4n) is 0.987. The number of aromatic nitrogens is 1. The molecule has 1 aromatic carbocycles. The molecule has 1 nitrogen and oxygen atoms in total. The van der Waals surface area contributed by atoms with Crippen molar-refractivity contribution in [3.63, 3.8) is 0 Å². The predicted octanol–water partition coefficient (Wildman–Crippen LogP) is -0.308. The molecule has 0 aliphatic rings. The van der Waals surface area contributed by atoms with Crippen LogP contribution in [-0.2, 0) is 0 Å². The molecule has 0 saturated heterocycles. The summed E-state index contributed by atoms with van der Waals surface area (Å²) in [6.07, 6.45) is 0. The van der Waals surface area contributed by atoms with Crippen molar-refractivity contribution < 1.29 is 18.9 Å². The number of fused-ring (bicyclic) bond motifs is 1. The maximum atomic E-state index is 5.65. The predicted molar refractivity (Wildman–Crippen MR) is 45.6 cm³/mol. The number of halogens is 1. The molecule has 0 radical (unpaired) electrons. The Bertz CT molecular complexity index is 389. The summed E-state index contributed by atoms with van der Waals surface area (Å²) in [5, 5.41) is 1.49. The van der Waals surface area contributed by atoms with Crippen molar-refractivity contribution in [3.05, 3.63) is 41.6 Å². The van der Waals surface area contributed by atoms with E-state index in [0.717, 1.165) is 10.9 Å². The first kappa shape index (κ1) is 9.60. The molecule has 0 N–H and O–H groups in total. The largest absolute Gasteiger partial charge is 1.00 e. The topological polar surface area (TPSA) is 12.9 Å². The standard InChI is InChI=1S/C9H5ClN.Li/c10-9-6-5-7-3-1-2-4-8(7)11-9;/h1-5H;/q-1;+1. The van der Waals surface area contributed by atoms with E-state index in [0.29, 0.717) is 5.15 Å². The van der Waals surface area contributed by atoms with Crippen molar-refractivity contribution in [1.29, 1.82) is 0 Å². The Labute approximate surface area is 87.9 Å². The van der Waals surface area contributed by atoms with Crippen LogP contribution in [0.1, 0.15) is 0 Å². The minimum absolute atomic E-state index is 0. The van der Waals surface area contributed by atoms with Crippen molar-refractivity contribution in [1.82, 2.24) is 4.98 Å². The van der Waals surface area contributed by atoms with Crippen molar-refractivity contribution >= 4 is 22.5 Å². The van der Waals surface area contributed by atoms with Gasteiger partial charge in [0.25, 0.3) is 0 Å². The second-order valence-electron chi connectivity index (χ2n) is 2.25. The third kappa shape index (κ3) is 1.81. The van der Waals surface area contributed by atoms with Crippen LogP contribution in [-0.4, -0.2) is 4.98 Å². The summed E-state index contributed by atoms with van der Waals surface area (Å²) in [4.78, 5) is 4.09. The molecule has 0 bridgehead atoms. The van der Waals surface area contributed by atoms with Gasteiger partial charge in [-0.05, 0) is 5.52 Å². The molecule has 0 amide bonds. The number of hydrogen-bond acceptors (Lipinski definition) is 1. The SMILES string of the molecule is Clc1[c-]cc2ccccc2n1.[Li+]. The molecule has 0 spiro atoms. The second-order valence-corrected chi connectivity index (χ2v) is 2.61. The van der Waals surface area contributed by atoms with Gasteiger partial charge in [0.15, 0.2) is 0 Å². The van der Waals surface area contributed by atoms with Gasteiger partial charge in [0.05, 0.1) is 0 Å². The van der Waals surface area contributed by atoms with E-state index < -0.39 is 0 Å². The van der Waals surface area contributed by atoms with Gasteiger partial charge < -0.3 is 0 Å². The summed E-state index contributed by atoms with van der Waals surface area (Å²) in [6.45, 7) is 0. The van der Waals surface area contributed by atoms with Crippen LogP contribution in [0.5, 0.6) is 0 Å². The molecule has 3 heteroatoms. The van der Waals surface area contributed by atoms with Crippen LogP contribution in [0.15, 0.2) is 30.3 Å². The number of nitrogens with zero attached hydrogens (tertiary/aromatic N) is 1. The molecule has 54 valence electrons. The Morgan fingerprint density at radius 1 is 1.25 bits per heavy atom. The number of pyridine rings is 1. The van der Waals surface area contributed by atoms with Crippen LogP contribution >= 0.6 is 11.6 Å². The van der Waals surface area contributed by atoms with Gasteiger partial charge in [-0.3, -0.25) is 4.98 Å². The molecule has 0 unspecified atom stereocenters. The minimum Gasteiger partial charge on any atom is -0.276 e. The van der Waals surface area contributed by atoms with Gasteiger partial charge >= 0.3 is 18.9 Å². The number of benzene rings is 1. The van der Waals surface area contributed by atoms with Crippen LogP contribution in [0.2, 0.25) is 5.15 Å². The van der Waals surface area contributed by atoms with Crippen molar-refractivity contribution in [3.8, 4) is 0 Å². The van der Waals surface area contributed by atoms with E-state index in [-0.39, 0.29) is 18.9 Å². The Hall–Kier alpha value is -0.483. The molecular weight excluding hydrogens is 164 g/mol. The maximum absolute atomic E-state index is 5.65. The zero-order valence-electron chi connectivity index (χ0n) is 6.71. The second kappa shape index (κ2) is 3.96. The zero-order chi connectivity index (χ0) is 7.68. The van der Waals surface area contributed by atoms with Gasteiger partial charge in [0.1, 0.15) is 0 Å². The zero-order valence-corrected chi connectivity index (χ0v) is 7.47. The smallest absolute Gasteiger partial charge is 0.276 e. The van der Waals surface area contributed by atoms with Crippen LogP contribution in [0.3, 0.4) is 0 Å². The van der Waals surface area contributed by atoms with E-state index in [1.165, 1.54) is 0 Å². The summed E-state index contributed by atoms with van der Waals surface area (Å²) in [5.41, 5.74) is 0.913. The monoisotopic (exact) mass is 169 g/mol. The third-order valence-corrected chi connectivity index (χ3v) is 1.70. The fourth-order valence-corrected chi connectivity index (χ4v) is 1.13. The maximum Gasteiger partial charge on any atom is 1.00 e. The van der Waals surface area contributed by atoms with Crippen LogP contribution in [0.4, 0.5) is 0 Å². The first-order valence-corrected chi connectivity index (χ1v) is 3.67. The first-order chi connectivity index (χ1) is 5.36. The van der Waals surface area contributed by atoms with E-state index in [1.54, 1.807) is 0 Å². The average molecular weight is 170 g/mol.